The van der Waals surface area contributed by atoms with E-state index in [2.05, 4.69) is 13.5 Å². The Morgan fingerprint density at radius 2 is 1.86 bits per heavy atom. The van der Waals surface area contributed by atoms with Gasteiger partial charge in [-0.1, -0.05) is 43.7 Å². The highest BCUT2D eigenvalue weighted by atomic mass is 32.2. The predicted molar refractivity (Wildman–Crippen MR) is 108 cm³/mol. The van der Waals surface area contributed by atoms with Crippen LogP contribution in [0.3, 0.4) is 0 Å². The van der Waals surface area contributed by atoms with Crippen molar-refractivity contribution in [1.29, 1.82) is 0 Å². The van der Waals surface area contributed by atoms with E-state index < -0.39 is 15.9 Å². The van der Waals surface area contributed by atoms with Crippen molar-refractivity contribution in [3.05, 3.63) is 42.0 Å². The summed E-state index contributed by atoms with van der Waals surface area (Å²) in [5.74, 6) is -0.590. The first-order valence-corrected chi connectivity index (χ1v) is 11.5. The fourth-order valence-electron chi connectivity index (χ4n) is 4.29. The van der Waals surface area contributed by atoms with E-state index in [0.717, 1.165) is 36.8 Å². The highest BCUT2D eigenvalue weighted by molar-refractivity contribution is 7.86. The van der Waals surface area contributed by atoms with E-state index in [4.69, 9.17) is 13.7 Å². The van der Waals surface area contributed by atoms with Crippen LogP contribution in [0.5, 0.6) is 0 Å². The predicted octanol–water partition coefficient (Wildman–Crippen LogP) is 4.60. The molecular weight excluding hydrogens is 376 g/mol. The lowest BCUT2D eigenvalue weighted by atomic mass is 9.85. The third-order valence-electron chi connectivity index (χ3n) is 5.90. The van der Waals surface area contributed by atoms with Crippen molar-refractivity contribution in [2.24, 2.45) is 11.8 Å². The Morgan fingerprint density at radius 3 is 2.43 bits per heavy atom. The fraction of sp³-hybridized carbons (Fsp3) is 0.636. The van der Waals surface area contributed by atoms with E-state index in [1.165, 1.54) is 0 Å². The van der Waals surface area contributed by atoms with Gasteiger partial charge in [0.1, 0.15) is 0 Å². The van der Waals surface area contributed by atoms with Crippen molar-refractivity contribution in [1.82, 2.24) is 0 Å². The lowest BCUT2D eigenvalue weighted by Gasteiger charge is -2.48. The largest absolute Gasteiger partial charge is 0.346 e. The number of hydrogen-bond acceptors (Lipinski definition) is 5. The molecule has 1 spiro atoms. The topological polar surface area (TPSA) is 61.8 Å². The summed E-state index contributed by atoms with van der Waals surface area (Å²) in [5, 5.41) is 0. The van der Waals surface area contributed by atoms with Crippen LogP contribution in [0.1, 0.15) is 52.0 Å². The maximum Gasteiger partial charge on any atom is 0.296 e. The van der Waals surface area contributed by atoms with Gasteiger partial charge in [0, 0.05) is 24.7 Å². The first-order chi connectivity index (χ1) is 13.1. The standard InChI is InChI=1S/C22H32O5S/c1-15(2)20-18(5)21(27-22(26-20)12-6-7-13-22)17(4)14-25-28(23,24)19-10-8-16(3)9-11-19/h8-11,17-18,20-21H,1,6-7,12-14H2,2-5H3/t17-,18-,20?,21-/m1/s1. The molecule has 6 heteroatoms. The SMILES string of the molecule is C=C(C)C1OC2(CCCC2)O[C@H]([C@H](C)COS(=O)(=O)c2ccc(C)cc2)[C@@H]1C. The van der Waals surface area contributed by atoms with Gasteiger partial charge < -0.3 is 9.47 Å². The van der Waals surface area contributed by atoms with Crippen LogP contribution < -0.4 is 0 Å². The van der Waals surface area contributed by atoms with Crippen LogP contribution in [0.15, 0.2) is 41.3 Å². The van der Waals surface area contributed by atoms with Crippen molar-refractivity contribution >= 4 is 10.1 Å². The summed E-state index contributed by atoms with van der Waals surface area (Å²) < 4.78 is 43.2. The molecule has 0 bridgehead atoms. The minimum absolute atomic E-state index is 0.0735. The number of rotatable bonds is 6. The molecule has 1 aliphatic heterocycles. The molecule has 5 nitrogen and oxygen atoms in total. The summed E-state index contributed by atoms with van der Waals surface area (Å²) in [7, 11) is -3.79. The quantitative estimate of drug-likeness (QED) is 0.508. The zero-order chi connectivity index (χ0) is 20.5. The van der Waals surface area contributed by atoms with Gasteiger partial charge in [-0.25, -0.2) is 0 Å². The van der Waals surface area contributed by atoms with Gasteiger partial charge in [-0.2, -0.15) is 8.42 Å². The van der Waals surface area contributed by atoms with Gasteiger partial charge in [0.15, 0.2) is 5.79 Å². The maximum absolute atomic E-state index is 12.5. The molecule has 1 aromatic carbocycles. The zero-order valence-corrected chi connectivity index (χ0v) is 18.1. The molecule has 1 heterocycles. The second-order valence-corrected chi connectivity index (χ2v) is 10.1. The van der Waals surface area contributed by atoms with Crippen molar-refractivity contribution in [2.75, 3.05) is 6.61 Å². The Hall–Kier alpha value is -1.21. The van der Waals surface area contributed by atoms with Gasteiger partial charge in [-0.3, -0.25) is 4.18 Å². The highest BCUT2D eigenvalue weighted by Gasteiger charge is 2.49. The van der Waals surface area contributed by atoms with Crippen molar-refractivity contribution in [3.8, 4) is 0 Å². The van der Waals surface area contributed by atoms with Gasteiger partial charge in [0.05, 0.1) is 23.7 Å². The second kappa shape index (κ2) is 8.27. The molecule has 1 saturated carbocycles. The zero-order valence-electron chi connectivity index (χ0n) is 17.3. The molecule has 1 aromatic rings. The molecule has 2 fully saturated rings. The Labute approximate surface area is 169 Å². The van der Waals surface area contributed by atoms with Crippen molar-refractivity contribution < 1.29 is 22.1 Å². The summed E-state index contributed by atoms with van der Waals surface area (Å²) in [4.78, 5) is 0.179. The first-order valence-electron chi connectivity index (χ1n) is 10.1. The monoisotopic (exact) mass is 408 g/mol. The lowest BCUT2D eigenvalue weighted by Crippen LogP contribution is -2.54. The van der Waals surface area contributed by atoms with Gasteiger partial charge in [0.2, 0.25) is 0 Å². The second-order valence-electron chi connectivity index (χ2n) is 8.47. The van der Waals surface area contributed by atoms with Crippen LogP contribution in [0.4, 0.5) is 0 Å². The van der Waals surface area contributed by atoms with E-state index in [0.29, 0.717) is 0 Å². The number of benzene rings is 1. The Kier molecular flexibility index (Phi) is 6.35. The maximum atomic E-state index is 12.5. The Balaban J connectivity index is 1.72. The molecule has 0 N–H and O–H groups in total. The van der Waals surface area contributed by atoms with Gasteiger partial charge in [0.25, 0.3) is 10.1 Å². The molecule has 1 saturated heterocycles. The highest BCUT2D eigenvalue weighted by Crippen LogP contribution is 2.45. The average Bonchev–Trinajstić information content (AvgIpc) is 3.10. The van der Waals surface area contributed by atoms with E-state index in [1.807, 2.05) is 20.8 Å². The molecule has 28 heavy (non-hydrogen) atoms. The summed E-state index contributed by atoms with van der Waals surface area (Å²) in [6.07, 6.45) is 3.66. The van der Waals surface area contributed by atoms with E-state index in [1.54, 1.807) is 24.3 Å². The van der Waals surface area contributed by atoms with Gasteiger partial charge in [-0.15, -0.1) is 0 Å². The minimum atomic E-state index is -3.79. The van der Waals surface area contributed by atoms with Crippen LogP contribution in [0.25, 0.3) is 0 Å². The molecule has 1 aliphatic carbocycles. The van der Waals surface area contributed by atoms with Crippen LogP contribution in [0, 0.1) is 18.8 Å². The molecule has 0 amide bonds. The molecular formula is C22H32O5S. The number of aryl methyl sites for hydroxylation is 1. The Bertz CT molecular complexity index is 793. The summed E-state index contributed by atoms with van der Waals surface area (Å²) in [5.41, 5.74) is 1.98. The van der Waals surface area contributed by atoms with E-state index in [9.17, 15) is 8.42 Å². The molecule has 4 atom stereocenters. The molecule has 2 aliphatic rings. The van der Waals surface area contributed by atoms with Crippen LogP contribution >= 0.6 is 0 Å². The fourth-order valence-corrected chi connectivity index (χ4v) is 5.29. The molecule has 0 aromatic heterocycles. The lowest BCUT2D eigenvalue weighted by molar-refractivity contribution is -0.333. The van der Waals surface area contributed by atoms with Gasteiger partial charge in [-0.05, 0) is 38.8 Å². The third kappa shape index (κ3) is 4.51. The normalized spacial score (nSPS) is 28.4. The van der Waals surface area contributed by atoms with Gasteiger partial charge >= 0.3 is 0 Å². The van der Waals surface area contributed by atoms with Crippen molar-refractivity contribution in [2.45, 2.75) is 76.3 Å². The van der Waals surface area contributed by atoms with Crippen molar-refractivity contribution in [3.63, 3.8) is 0 Å². The van der Waals surface area contributed by atoms with E-state index in [-0.39, 0.29) is 35.5 Å². The molecule has 156 valence electrons. The summed E-state index contributed by atoms with van der Waals surface area (Å²) in [6.45, 7) is 12.1. The van der Waals surface area contributed by atoms with Crippen LogP contribution in [-0.4, -0.2) is 33.0 Å². The smallest absolute Gasteiger partial charge is 0.296 e. The third-order valence-corrected chi connectivity index (χ3v) is 7.19. The molecule has 1 unspecified atom stereocenters. The van der Waals surface area contributed by atoms with E-state index >= 15 is 0 Å². The summed E-state index contributed by atoms with van der Waals surface area (Å²) >= 11 is 0. The molecule has 3 rings (SSSR count). The number of ether oxygens (including phenoxy) is 2. The van der Waals surface area contributed by atoms with Crippen LogP contribution in [-0.2, 0) is 23.8 Å². The summed E-state index contributed by atoms with van der Waals surface area (Å²) in [6, 6.07) is 6.69. The first kappa shape index (κ1) is 21.5. The number of hydrogen-bond donors (Lipinski definition) is 0. The molecule has 0 radical (unpaired) electrons. The Morgan fingerprint density at radius 1 is 1.25 bits per heavy atom. The minimum Gasteiger partial charge on any atom is -0.346 e. The van der Waals surface area contributed by atoms with Crippen LogP contribution in [0.2, 0.25) is 0 Å². The average molecular weight is 409 g/mol.